The molecule has 6 nitrogen and oxygen atoms in total. The zero-order valence-corrected chi connectivity index (χ0v) is 13.9. The Balaban J connectivity index is 2.12. The van der Waals surface area contributed by atoms with Gasteiger partial charge in [-0.1, -0.05) is 29.8 Å². The van der Waals surface area contributed by atoms with Crippen molar-refractivity contribution in [3.8, 4) is 0 Å². The number of aryl methyl sites for hydroxylation is 3. The monoisotopic (exact) mass is 324 g/mol. The van der Waals surface area contributed by atoms with Crippen molar-refractivity contribution in [2.24, 2.45) is 0 Å². The van der Waals surface area contributed by atoms with Crippen LogP contribution < -0.4 is 10.7 Å². The van der Waals surface area contributed by atoms with E-state index in [0.717, 1.165) is 27.0 Å². The number of fused-ring (bicyclic) bond motifs is 1. The third kappa shape index (κ3) is 2.71. The standard InChI is InChI=1S/C18H19N3O3/c1-11-4-6-14(7-5-11)9-20-12(2)15-8-19-21(10-16(22)23)18(24)17(15)13(20)3/h4-8H,9-10H2,1-3H3,(H,22,23)/p-1. The SMILES string of the molecule is Cc1ccc(Cn2c(C)c3cnn(CC(=O)[O-])c(=O)c3c2C)cc1. The van der Waals surface area contributed by atoms with Gasteiger partial charge in [-0.05, 0) is 26.3 Å². The summed E-state index contributed by atoms with van der Waals surface area (Å²) >= 11 is 0. The van der Waals surface area contributed by atoms with E-state index in [4.69, 9.17) is 0 Å². The molecule has 0 aliphatic rings. The maximum Gasteiger partial charge on any atom is 0.276 e. The zero-order chi connectivity index (χ0) is 17.4. The lowest BCUT2D eigenvalue weighted by atomic mass is 10.1. The Morgan fingerprint density at radius 2 is 1.79 bits per heavy atom. The molecule has 2 aromatic heterocycles. The van der Waals surface area contributed by atoms with Crippen molar-refractivity contribution in [1.82, 2.24) is 14.3 Å². The molecule has 0 fully saturated rings. The molecule has 24 heavy (non-hydrogen) atoms. The quantitative estimate of drug-likeness (QED) is 0.715. The molecular formula is C18H18N3O3-. The summed E-state index contributed by atoms with van der Waals surface area (Å²) in [5.74, 6) is -1.34. The first-order valence-electron chi connectivity index (χ1n) is 7.69. The van der Waals surface area contributed by atoms with Crippen LogP contribution in [0.15, 0.2) is 35.3 Å². The van der Waals surface area contributed by atoms with Crippen LogP contribution >= 0.6 is 0 Å². The van der Waals surface area contributed by atoms with Crippen molar-refractivity contribution in [3.63, 3.8) is 0 Å². The lowest BCUT2D eigenvalue weighted by Gasteiger charge is -2.09. The zero-order valence-electron chi connectivity index (χ0n) is 13.9. The maximum atomic E-state index is 12.5. The van der Waals surface area contributed by atoms with E-state index < -0.39 is 18.1 Å². The molecule has 0 atom stereocenters. The van der Waals surface area contributed by atoms with Gasteiger partial charge in [0.05, 0.1) is 24.1 Å². The number of hydrogen-bond donors (Lipinski definition) is 0. The Morgan fingerprint density at radius 1 is 1.12 bits per heavy atom. The van der Waals surface area contributed by atoms with Crippen molar-refractivity contribution in [2.45, 2.75) is 33.9 Å². The molecule has 2 heterocycles. The lowest BCUT2D eigenvalue weighted by Crippen LogP contribution is -2.34. The van der Waals surface area contributed by atoms with E-state index in [1.54, 1.807) is 6.20 Å². The van der Waals surface area contributed by atoms with Crippen molar-refractivity contribution < 1.29 is 9.90 Å². The highest BCUT2D eigenvalue weighted by Crippen LogP contribution is 2.23. The van der Waals surface area contributed by atoms with Crippen molar-refractivity contribution in [3.05, 3.63) is 63.3 Å². The first kappa shape index (κ1) is 16.0. The third-order valence-electron chi connectivity index (χ3n) is 4.35. The molecule has 0 unspecified atom stereocenters. The molecule has 6 heteroatoms. The van der Waals surface area contributed by atoms with Crippen molar-refractivity contribution in [1.29, 1.82) is 0 Å². The van der Waals surface area contributed by atoms with E-state index in [9.17, 15) is 14.7 Å². The minimum Gasteiger partial charge on any atom is -0.548 e. The minimum atomic E-state index is -1.34. The second kappa shape index (κ2) is 5.96. The molecule has 0 aliphatic carbocycles. The molecule has 0 radical (unpaired) electrons. The van der Waals surface area contributed by atoms with Crippen LogP contribution in [0.2, 0.25) is 0 Å². The smallest absolute Gasteiger partial charge is 0.276 e. The number of nitrogens with zero attached hydrogens (tertiary/aromatic N) is 3. The van der Waals surface area contributed by atoms with Crippen molar-refractivity contribution >= 4 is 16.7 Å². The van der Waals surface area contributed by atoms with Crippen LogP contribution in [0.3, 0.4) is 0 Å². The molecular weight excluding hydrogens is 306 g/mol. The number of carbonyl (C=O) groups excluding carboxylic acids is 1. The molecule has 0 saturated heterocycles. The van der Waals surface area contributed by atoms with Gasteiger partial charge in [0.2, 0.25) is 0 Å². The van der Waals surface area contributed by atoms with Crippen molar-refractivity contribution in [2.75, 3.05) is 0 Å². The summed E-state index contributed by atoms with van der Waals surface area (Å²) in [5.41, 5.74) is 3.67. The van der Waals surface area contributed by atoms with Crippen LogP contribution in [0.25, 0.3) is 10.8 Å². The average Bonchev–Trinajstić information content (AvgIpc) is 2.77. The number of carboxylic acids is 1. The molecule has 0 saturated carbocycles. The van der Waals surface area contributed by atoms with Crippen LogP contribution in [-0.2, 0) is 17.9 Å². The van der Waals surface area contributed by atoms with Crippen LogP contribution in [0.1, 0.15) is 22.5 Å². The Bertz CT molecular complexity index is 981. The van der Waals surface area contributed by atoms with Gasteiger partial charge in [-0.15, -0.1) is 0 Å². The van der Waals surface area contributed by atoms with Gasteiger partial charge in [-0.3, -0.25) is 4.79 Å². The second-order valence-corrected chi connectivity index (χ2v) is 6.01. The minimum absolute atomic E-state index is 0.403. The number of aromatic nitrogens is 3. The largest absolute Gasteiger partial charge is 0.548 e. The molecule has 0 N–H and O–H groups in total. The number of carbonyl (C=O) groups is 1. The van der Waals surface area contributed by atoms with E-state index >= 15 is 0 Å². The Kier molecular flexibility index (Phi) is 3.97. The summed E-state index contributed by atoms with van der Waals surface area (Å²) < 4.78 is 2.99. The molecule has 0 bridgehead atoms. The fourth-order valence-corrected chi connectivity index (χ4v) is 2.99. The number of rotatable bonds is 4. The fourth-order valence-electron chi connectivity index (χ4n) is 2.99. The van der Waals surface area contributed by atoms with E-state index in [0.29, 0.717) is 11.9 Å². The summed E-state index contributed by atoms with van der Waals surface area (Å²) in [6.07, 6.45) is 1.55. The van der Waals surface area contributed by atoms with Gasteiger partial charge >= 0.3 is 0 Å². The Labute approximate surface area is 139 Å². The predicted octanol–water partition coefficient (Wildman–Crippen LogP) is 0.921. The van der Waals surface area contributed by atoms with Gasteiger partial charge < -0.3 is 14.5 Å². The van der Waals surface area contributed by atoms with E-state index in [-0.39, 0.29) is 0 Å². The lowest BCUT2D eigenvalue weighted by molar-refractivity contribution is -0.306. The van der Waals surface area contributed by atoms with Crippen LogP contribution in [-0.4, -0.2) is 20.3 Å². The third-order valence-corrected chi connectivity index (χ3v) is 4.35. The summed E-state index contributed by atoms with van der Waals surface area (Å²) in [7, 11) is 0. The average molecular weight is 324 g/mol. The number of aliphatic carboxylic acids is 1. The summed E-state index contributed by atoms with van der Waals surface area (Å²) in [5, 5.41) is 16.0. The first-order valence-corrected chi connectivity index (χ1v) is 7.69. The molecule has 3 aromatic rings. The number of benzene rings is 1. The first-order chi connectivity index (χ1) is 11.4. The van der Waals surface area contributed by atoms with E-state index in [2.05, 4.69) is 33.9 Å². The molecule has 1 aromatic carbocycles. The van der Waals surface area contributed by atoms with Gasteiger partial charge in [0, 0.05) is 23.3 Å². The van der Waals surface area contributed by atoms with E-state index in [1.165, 1.54) is 5.56 Å². The molecule has 0 aliphatic heterocycles. The van der Waals surface area contributed by atoms with Gasteiger partial charge in [0.15, 0.2) is 0 Å². The fraction of sp³-hybridized carbons (Fsp3) is 0.278. The molecule has 0 amide bonds. The molecule has 0 spiro atoms. The summed E-state index contributed by atoms with van der Waals surface area (Å²) in [4.78, 5) is 23.3. The van der Waals surface area contributed by atoms with Crippen LogP contribution in [0.5, 0.6) is 0 Å². The molecule has 124 valence electrons. The topological polar surface area (TPSA) is 79.9 Å². The highest BCUT2D eigenvalue weighted by Gasteiger charge is 2.16. The second-order valence-electron chi connectivity index (χ2n) is 6.01. The van der Waals surface area contributed by atoms with Crippen LogP contribution in [0, 0.1) is 20.8 Å². The summed E-state index contributed by atoms with van der Waals surface area (Å²) in [6.45, 7) is 5.95. The summed E-state index contributed by atoms with van der Waals surface area (Å²) in [6, 6.07) is 8.23. The van der Waals surface area contributed by atoms with Crippen LogP contribution in [0.4, 0.5) is 0 Å². The van der Waals surface area contributed by atoms with Gasteiger partial charge in [0.25, 0.3) is 5.56 Å². The van der Waals surface area contributed by atoms with Gasteiger partial charge in [-0.25, -0.2) is 4.68 Å². The van der Waals surface area contributed by atoms with Gasteiger partial charge in [0.1, 0.15) is 0 Å². The van der Waals surface area contributed by atoms with E-state index in [1.807, 2.05) is 20.8 Å². The Morgan fingerprint density at radius 3 is 2.42 bits per heavy atom. The number of carboxylic acid groups (broad SMARTS) is 1. The maximum absolute atomic E-state index is 12.5. The number of hydrogen-bond acceptors (Lipinski definition) is 4. The van der Waals surface area contributed by atoms with Gasteiger partial charge in [-0.2, -0.15) is 5.10 Å². The predicted molar refractivity (Wildman–Crippen MR) is 88.8 cm³/mol. The highest BCUT2D eigenvalue weighted by atomic mass is 16.4. The highest BCUT2D eigenvalue weighted by molar-refractivity contribution is 5.87. The molecule has 3 rings (SSSR count). The normalized spacial score (nSPS) is 11.1. The Hall–Kier alpha value is -2.89.